The van der Waals surface area contributed by atoms with E-state index < -0.39 is 30.0 Å². The Hall–Kier alpha value is -5.21. The third kappa shape index (κ3) is 6.17. The quantitative estimate of drug-likeness (QED) is 0.196. The van der Waals surface area contributed by atoms with E-state index in [1.165, 1.54) is 23.3 Å². The first-order valence-corrected chi connectivity index (χ1v) is 15.5. The molecule has 0 radical (unpaired) electrons. The second-order valence-electron chi connectivity index (χ2n) is 11.0. The number of benzene rings is 2. The summed E-state index contributed by atoms with van der Waals surface area (Å²) in [5.41, 5.74) is 2.46. The number of likely N-dealkylation sites (tertiary alicyclic amines) is 1. The number of nitrogens with one attached hydrogen (secondary N) is 3. The molecule has 2 aromatic carbocycles. The molecule has 13 nitrogen and oxygen atoms in total. The van der Waals surface area contributed by atoms with Gasteiger partial charge in [0.1, 0.15) is 27.2 Å². The highest BCUT2D eigenvalue weighted by Crippen LogP contribution is 2.46. The second-order valence-corrected chi connectivity index (χ2v) is 12.0. The summed E-state index contributed by atoms with van der Waals surface area (Å²) in [4.78, 5) is 60.0. The summed E-state index contributed by atoms with van der Waals surface area (Å²) in [7, 11) is 1.39. The van der Waals surface area contributed by atoms with Crippen LogP contribution in [0.15, 0.2) is 60.8 Å². The van der Waals surface area contributed by atoms with Crippen molar-refractivity contribution in [3.05, 3.63) is 71.2 Å². The number of thiophene rings is 1. The highest BCUT2D eigenvalue weighted by molar-refractivity contribution is 7.21. The number of amides is 5. The van der Waals surface area contributed by atoms with Crippen molar-refractivity contribution in [3.63, 3.8) is 0 Å². The number of nitrogens with zero attached hydrogens (tertiary/aromatic N) is 3. The van der Waals surface area contributed by atoms with Crippen LogP contribution in [0.5, 0.6) is 11.5 Å². The zero-order chi connectivity index (χ0) is 32.4. The Balaban J connectivity index is 1.22. The lowest BCUT2D eigenvalue weighted by atomic mass is 10.0. The van der Waals surface area contributed by atoms with E-state index in [-0.39, 0.29) is 19.2 Å². The highest BCUT2D eigenvalue weighted by Gasteiger charge is 2.35. The number of urea groups is 1. The van der Waals surface area contributed by atoms with Crippen molar-refractivity contribution in [1.82, 2.24) is 20.5 Å². The van der Waals surface area contributed by atoms with Crippen LogP contribution >= 0.6 is 11.3 Å². The number of anilines is 3. The predicted octanol–water partition coefficient (Wildman–Crippen LogP) is 5.08. The fourth-order valence-corrected chi connectivity index (χ4v) is 6.83. The molecule has 1 fully saturated rings. The van der Waals surface area contributed by atoms with Crippen molar-refractivity contribution in [2.45, 2.75) is 31.8 Å². The van der Waals surface area contributed by atoms with Gasteiger partial charge in [-0.3, -0.25) is 14.5 Å². The number of pyridine rings is 1. The van der Waals surface area contributed by atoms with Gasteiger partial charge < -0.3 is 35.4 Å². The van der Waals surface area contributed by atoms with Gasteiger partial charge in [0.05, 0.1) is 29.1 Å². The standard InChI is InChI=1S/C32H32N6O7S/c1-18-15-21(45-20-8-4-3-5-9-20)10-11-23(18)38-24-12-13-33-29-25(24)26(36-31(38)41)27(46-29)28(39)34-19-7-6-14-37(16-19)30(40)22(17-44-2)35-32(42)43/h3-5,8-13,15,19,22,35H,6-7,14,16-17H2,1-2H3,(H,34,39)(H,36,41)(H,42,43)/t19-,22+/m1/s1. The normalized spacial score (nSPS) is 16.5. The smallest absolute Gasteiger partial charge is 0.405 e. The maximum absolute atomic E-state index is 13.6. The molecule has 0 unspecified atom stereocenters. The molecule has 2 atom stereocenters. The first-order valence-electron chi connectivity index (χ1n) is 14.7. The summed E-state index contributed by atoms with van der Waals surface area (Å²) in [6.45, 7) is 2.42. The van der Waals surface area contributed by atoms with Crippen molar-refractivity contribution in [2.24, 2.45) is 0 Å². The van der Waals surface area contributed by atoms with Crippen LogP contribution in [0, 0.1) is 6.92 Å². The van der Waals surface area contributed by atoms with Crippen LogP contribution in [-0.4, -0.2) is 77.8 Å². The molecule has 6 rings (SSSR count). The summed E-state index contributed by atoms with van der Waals surface area (Å²) >= 11 is 1.18. The number of aromatic nitrogens is 1. The second kappa shape index (κ2) is 13.0. The molecule has 0 spiro atoms. The summed E-state index contributed by atoms with van der Waals surface area (Å²) in [6, 6.07) is 14.8. The van der Waals surface area contributed by atoms with E-state index in [0.29, 0.717) is 63.0 Å². The van der Waals surface area contributed by atoms with Gasteiger partial charge in [-0.1, -0.05) is 18.2 Å². The molecule has 0 aliphatic carbocycles. The molecule has 1 saturated heterocycles. The van der Waals surface area contributed by atoms with Gasteiger partial charge in [0.25, 0.3) is 5.91 Å². The molecular formula is C32H32N6O7S. The number of hydrogen-bond acceptors (Lipinski definition) is 8. The average molecular weight is 645 g/mol. The molecule has 2 aliphatic rings. The number of carbonyl (C=O) groups excluding carboxylic acids is 3. The Labute approximate surface area is 268 Å². The van der Waals surface area contributed by atoms with E-state index in [1.807, 2.05) is 49.4 Å². The van der Waals surface area contributed by atoms with Gasteiger partial charge in [-0.25, -0.2) is 14.6 Å². The molecule has 2 aliphatic heterocycles. The Morgan fingerprint density at radius 2 is 1.93 bits per heavy atom. The minimum atomic E-state index is -1.33. The minimum absolute atomic E-state index is 0.110. The average Bonchev–Trinajstić information content (AvgIpc) is 3.41. The lowest BCUT2D eigenvalue weighted by Gasteiger charge is -2.35. The predicted molar refractivity (Wildman–Crippen MR) is 172 cm³/mol. The number of carbonyl (C=O) groups is 4. The maximum atomic E-state index is 13.6. The third-order valence-electron chi connectivity index (χ3n) is 7.84. The number of para-hydroxylation sites is 1. The molecule has 14 heteroatoms. The van der Waals surface area contributed by atoms with Gasteiger partial charge in [0, 0.05) is 32.4 Å². The number of piperidine rings is 1. The van der Waals surface area contributed by atoms with E-state index in [1.54, 1.807) is 23.2 Å². The monoisotopic (exact) mass is 644 g/mol. The first kappa shape index (κ1) is 30.8. The molecule has 4 N–H and O–H groups in total. The Morgan fingerprint density at radius 3 is 2.67 bits per heavy atom. The van der Waals surface area contributed by atoms with Crippen LogP contribution in [0.3, 0.4) is 0 Å². The largest absolute Gasteiger partial charge is 0.465 e. The lowest BCUT2D eigenvalue weighted by Crippen LogP contribution is -2.56. The summed E-state index contributed by atoms with van der Waals surface area (Å²) in [5, 5.41) is 17.9. The highest BCUT2D eigenvalue weighted by atomic mass is 32.1. The minimum Gasteiger partial charge on any atom is -0.465 e. The third-order valence-corrected chi connectivity index (χ3v) is 8.93. The Morgan fingerprint density at radius 1 is 1.13 bits per heavy atom. The first-order chi connectivity index (χ1) is 22.2. The zero-order valence-corrected chi connectivity index (χ0v) is 25.9. The van der Waals surface area contributed by atoms with Crippen molar-refractivity contribution in [3.8, 4) is 11.5 Å². The van der Waals surface area contributed by atoms with Crippen LogP contribution in [0.25, 0.3) is 10.2 Å². The van der Waals surface area contributed by atoms with Crippen LogP contribution in [-0.2, 0) is 9.53 Å². The summed E-state index contributed by atoms with van der Waals surface area (Å²) in [5.74, 6) is 0.521. The molecule has 46 heavy (non-hydrogen) atoms. The van der Waals surface area contributed by atoms with E-state index in [4.69, 9.17) is 14.6 Å². The van der Waals surface area contributed by atoms with E-state index in [2.05, 4.69) is 20.9 Å². The number of rotatable bonds is 9. The molecule has 238 valence electrons. The SMILES string of the molecule is COC[C@H](NC(=O)O)C(=O)N1CCC[C@@H](NC(=O)c2sc3nccc4c3c2NC(=O)N4c2ccc(Oc3ccccc3)cc2C)C1. The number of aryl methyl sites for hydroxylation is 1. The van der Waals surface area contributed by atoms with Gasteiger partial charge >= 0.3 is 12.1 Å². The van der Waals surface area contributed by atoms with Gasteiger partial charge in [0.15, 0.2) is 0 Å². The van der Waals surface area contributed by atoms with E-state index in [0.717, 1.165) is 5.56 Å². The number of ether oxygens (including phenoxy) is 2. The van der Waals surface area contributed by atoms with E-state index >= 15 is 0 Å². The molecule has 4 aromatic rings. The molecule has 4 heterocycles. The molecule has 0 bridgehead atoms. The fourth-order valence-electron chi connectivity index (χ4n) is 5.81. The lowest BCUT2D eigenvalue weighted by molar-refractivity contribution is -0.136. The zero-order valence-electron chi connectivity index (χ0n) is 25.1. The van der Waals surface area contributed by atoms with Crippen LogP contribution in [0.2, 0.25) is 0 Å². The van der Waals surface area contributed by atoms with Gasteiger partial charge in [0.2, 0.25) is 5.91 Å². The Kier molecular flexibility index (Phi) is 8.72. The van der Waals surface area contributed by atoms with E-state index in [9.17, 15) is 19.2 Å². The number of carboxylic acid groups (broad SMARTS) is 1. The molecule has 2 aromatic heterocycles. The van der Waals surface area contributed by atoms with Crippen LogP contribution < -0.4 is 25.6 Å². The van der Waals surface area contributed by atoms with Crippen LogP contribution in [0.4, 0.5) is 26.7 Å². The fraction of sp³-hybridized carbons (Fsp3) is 0.281. The maximum Gasteiger partial charge on any atom is 0.405 e. The van der Waals surface area contributed by atoms with Gasteiger partial charge in [-0.05, 0) is 61.7 Å². The summed E-state index contributed by atoms with van der Waals surface area (Å²) < 4.78 is 11.0. The summed E-state index contributed by atoms with van der Waals surface area (Å²) in [6.07, 6.45) is 1.53. The molecular weight excluding hydrogens is 612 g/mol. The van der Waals surface area contributed by atoms with Crippen molar-refractivity contribution < 1.29 is 33.8 Å². The van der Waals surface area contributed by atoms with Crippen molar-refractivity contribution in [1.29, 1.82) is 0 Å². The van der Waals surface area contributed by atoms with Crippen LogP contribution in [0.1, 0.15) is 28.1 Å². The Bertz CT molecular complexity index is 1810. The topological polar surface area (TPSA) is 162 Å². The number of hydrogen-bond donors (Lipinski definition) is 4. The van der Waals surface area contributed by atoms with Gasteiger partial charge in [-0.15, -0.1) is 11.3 Å². The van der Waals surface area contributed by atoms with Crippen molar-refractivity contribution in [2.75, 3.05) is 37.0 Å². The molecule has 5 amide bonds. The van der Waals surface area contributed by atoms with Gasteiger partial charge in [-0.2, -0.15) is 0 Å². The number of methoxy groups -OCH3 is 1. The molecule has 0 saturated carbocycles. The van der Waals surface area contributed by atoms with Crippen molar-refractivity contribution >= 4 is 62.6 Å².